The van der Waals surface area contributed by atoms with E-state index >= 15 is 0 Å². The van der Waals surface area contributed by atoms with Gasteiger partial charge in [-0.25, -0.2) is 4.98 Å². The highest BCUT2D eigenvalue weighted by molar-refractivity contribution is 5.66. The third-order valence-electron chi connectivity index (χ3n) is 6.37. The van der Waals surface area contributed by atoms with E-state index in [2.05, 4.69) is 26.7 Å². The van der Waals surface area contributed by atoms with E-state index in [4.69, 9.17) is 28.8 Å². The molecule has 3 aromatic rings. The standard InChI is InChI=1S/C29H39N5O5.2H2/c1-20(2)39-24-10-6-8-21(14-24)17-31-38-19-22-9-7-13-34(18-22)27-11-12-30-29(33-27)32-23-15-25(35-3)28(37-5)26(16-23)36-4;;/h6,8,10-12,14-16,20,22,31H,7,9,13,17-19H2,1-5H3,(H,30,32,33);2*1H/t22-;;/m0../s1. The molecule has 1 aliphatic rings. The van der Waals surface area contributed by atoms with Crippen LogP contribution in [0.5, 0.6) is 23.0 Å². The number of ether oxygens (including phenoxy) is 4. The Balaban J connectivity index is 0.00000294. The molecule has 2 aromatic carbocycles. The molecule has 0 amide bonds. The molecule has 1 fully saturated rings. The van der Waals surface area contributed by atoms with E-state index in [1.165, 1.54) is 0 Å². The molecule has 10 heteroatoms. The third-order valence-corrected chi connectivity index (χ3v) is 6.37. The second-order valence-corrected chi connectivity index (χ2v) is 9.68. The summed E-state index contributed by atoms with van der Waals surface area (Å²) in [6.07, 6.45) is 4.09. The van der Waals surface area contributed by atoms with Gasteiger partial charge in [0.05, 0.1) is 34.0 Å². The van der Waals surface area contributed by atoms with E-state index in [9.17, 15) is 0 Å². The Morgan fingerprint density at radius 3 is 2.56 bits per heavy atom. The SMILES string of the molecule is COc1cc(Nc2nccc(N3CCC[C@H](CONCc4cccc(OC(C)C)c4)C3)n2)cc(OC)c1OC.[HH].[HH]. The number of aromatic nitrogens is 2. The summed E-state index contributed by atoms with van der Waals surface area (Å²) in [6, 6.07) is 13.7. The number of benzene rings is 2. The lowest BCUT2D eigenvalue weighted by atomic mass is 9.99. The Bertz CT molecular complexity index is 1190. The second-order valence-electron chi connectivity index (χ2n) is 9.68. The smallest absolute Gasteiger partial charge is 0.229 e. The number of rotatable bonds is 13. The van der Waals surface area contributed by atoms with Crippen LogP contribution in [0, 0.1) is 5.92 Å². The van der Waals surface area contributed by atoms with Gasteiger partial charge < -0.3 is 34.0 Å². The molecule has 0 unspecified atom stereocenters. The van der Waals surface area contributed by atoms with Crippen LogP contribution in [0.2, 0.25) is 0 Å². The summed E-state index contributed by atoms with van der Waals surface area (Å²) in [5.74, 6) is 4.27. The number of nitrogens with one attached hydrogen (secondary N) is 2. The Morgan fingerprint density at radius 2 is 1.85 bits per heavy atom. The number of hydroxylamine groups is 1. The minimum absolute atomic E-state index is 0. The predicted octanol–water partition coefficient (Wildman–Crippen LogP) is 5.46. The normalized spacial score (nSPS) is 15.2. The maximum Gasteiger partial charge on any atom is 0.229 e. The summed E-state index contributed by atoms with van der Waals surface area (Å²) in [6.45, 7) is 7.09. The third kappa shape index (κ3) is 7.87. The van der Waals surface area contributed by atoms with Crippen LogP contribution in [0.15, 0.2) is 48.7 Å². The van der Waals surface area contributed by atoms with Crippen molar-refractivity contribution in [2.45, 2.75) is 39.3 Å². The van der Waals surface area contributed by atoms with Crippen molar-refractivity contribution in [1.82, 2.24) is 15.4 Å². The molecule has 1 saturated heterocycles. The molecule has 0 aliphatic carbocycles. The van der Waals surface area contributed by atoms with Gasteiger partial charge >= 0.3 is 0 Å². The van der Waals surface area contributed by atoms with Gasteiger partial charge in [-0.05, 0) is 50.5 Å². The molecule has 0 spiro atoms. The number of piperidine rings is 1. The van der Waals surface area contributed by atoms with Gasteiger partial charge in [0.15, 0.2) is 11.5 Å². The zero-order chi connectivity index (χ0) is 27.6. The number of hydrogen-bond acceptors (Lipinski definition) is 10. The molecule has 4 rings (SSSR count). The van der Waals surface area contributed by atoms with Crippen molar-refractivity contribution in [2.24, 2.45) is 5.92 Å². The zero-order valence-electron chi connectivity index (χ0n) is 23.4. The molecule has 0 saturated carbocycles. The Morgan fingerprint density at radius 1 is 1.05 bits per heavy atom. The zero-order valence-corrected chi connectivity index (χ0v) is 23.4. The van der Waals surface area contributed by atoms with E-state index in [0.717, 1.165) is 48.7 Å². The van der Waals surface area contributed by atoms with Crippen molar-refractivity contribution >= 4 is 17.5 Å². The molecule has 1 aromatic heterocycles. The van der Waals surface area contributed by atoms with Crippen molar-refractivity contribution in [3.05, 3.63) is 54.2 Å². The van der Waals surface area contributed by atoms with Crippen LogP contribution >= 0.6 is 0 Å². The number of nitrogens with zero attached hydrogens (tertiary/aromatic N) is 3. The fourth-order valence-corrected chi connectivity index (χ4v) is 4.59. The van der Waals surface area contributed by atoms with Crippen LogP contribution < -0.4 is 34.6 Å². The molecule has 1 atom stereocenters. The fourth-order valence-electron chi connectivity index (χ4n) is 4.59. The first-order valence-electron chi connectivity index (χ1n) is 13.2. The maximum absolute atomic E-state index is 5.85. The van der Waals surface area contributed by atoms with Crippen LogP contribution in [0.4, 0.5) is 17.5 Å². The average molecular weight is 542 g/mol. The van der Waals surface area contributed by atoms with Gasteiger partial charge in [0.25, 0.3) is 0 Å². The monoisotopic (exact) mass is 541 g/mol. The first kappa shape index (κ1) is 28.3. The summed E-state index contributed by atoms with van der Waals surface area (Å²) >= 11 is 0. The highest BCUT2D eigenvalue weighted by Gasteiger charge is 2.22. The van der Waals surface area contributed by atoms with Gasteiger partial charge in [-0.2, -0.15) is 10.5 Å². The average Bonchev–Trinajstić information content (AvgIpc) is 2.95. The van der Waals surface area contributed by atoms with Gasteiger partial charge in [0.1, 0.15) is 11.6 Å². The van der Waals surface area contributed by atoms with Gasteiger partial charge in [-0.3, -0.25) is 0 Å². The maximum atomic E-state index is 5.85. The van der Waals surface area contributed by atoms with Crippen molar-refractivity contribution in [3.8, 4) is 23.0 Å². The van der Waals surface area contributed by atoms with Crippen molar-refractivity contribution < 1.29 is 26.6 Å². The van der Waals surface area contributed by atoms with Crippen LogP contribution in [0.25, 0.3) is 0 Å². The van der Waals surface area contributed by atoms with E-state index in [1.54, 1.807) is 27.5 Å². The highest BCUT2D eigenvalue weighted by Crippen LogP contribution is 2.40. The highest BCUT2D eigenvalue weighted by atomic mass is 16.6. The van der Waals surface area contributed by atoms with Gasteiger partial charge in [-0.1, -0.05) is 12.1 Å². The van der Waals surface area contributed by atoms with Gasteiger partial charge in [0, 0.05) is 52.4 Å². The topological polar surface area (TPSA) is 99.2 Å². The summed E-state index contributed by atoms with van der Waals surface area (Å²) in [4.78, 5) is 17.3. The van der Waals surface area contributed by atoms with Crippen LogP contribution in [-0.2, 0) is 11.4 Å². The molecule has 2 N–H and O–H groups in total. The lowest BCUT2D eigenvalue weighted by molar-refractivity contribution is 0.0101. The fraction of sp³-hybridized carbons (Fsp3) is 0.448. The molecule has 39 heavy (non-hydrogen) atoms. The number of hydrogen-bond donors (Lipinski definition) is 2. The van der Waals surface area contributed by atoms with E-state index in [-0.39, 0.29) is 8.96 Å². The van der Waals surface area contributed by atoms with Crippen LogP contribution in [0.1, 0.15) is 35.1 Å². The van der Waals surface area contributed by atoms with Crippen LogP contribution in [-0.4, -0.2) is 57.1 Å². The largest absolute Gasteiger partial charge is 0.493 e. The van der Waals surface area contributed by atoms with Crippen molar-refractivity contribution in [1.29, 1.82) is 0 Å². The summed E-state index contributed by atoms with van der Waals surface area (Å²) in [7, 11) is 4.75. The Labute approximate surface area is 233 Å². The first-order chi connectivity index (χ1) is 19.0. The summed E-state index contributed by atoms with van der Waals surface area (Å²) in [5, 5.41) is 3.26. The predicted molar refractivity (Wildman–Crippen MR) is 156 cm³/mol. The second kappa shape index (κ2) is 13.9. The molecular weight excluding hydrogens is 498 g/mol. The summed E-state index contributed by atoms with van der Waals surface area (Å²) in [5.41, 5.74) is 4.96. The minimum atomic E-state index is 0. The number of methoxy groups -OCH3 is 3. The summed E-state index contributed by atoms with van der Waals surface area (Å²) < 4.78 is 22.1. The lowest BCUT2D eigenvalue weighted by Crippen LogP contribution is -2.38. The molecular formula is C29H43N5O5. The van der Waals surface area contributed by atoms with Crippen molar-refractivity contribution in [3.63, 3.8) is 0 Å². The van der Waals surface area contributed by atoms with Gasteiger partial charge in [-0.15, -0.1) is 0 Å². The molecule has 0 radical (unpaired) electrons. The number of anilines is 3. The quantitative estimate of drug-likeness (QED) is 0.214. The van der Waals surface area contributed by atoms with E-state index < -0.39 is 0 Å². The molecule has 214 valence electrons. The molecule has 0 bridgehead atoms. The van der Waals surface area contributed by atoms with Crippen molar-refractivity contribution in [2.75, 3.05) is 51.2 Å². The molecule has 1 aliphatic heterocycles. The van der Waals surface area contributed by atoms with E-state index in [1.807, 2.05) is 50.2 Å². The lowest BCUT2D eigenvalue weighted by Gasteiger charge is -2.33. The van der Waals surface area contributed by atoms with Gasteiger partial charge in [0.2, 0.25) is 11.7 Å². The Kier molecular flexibility index (Phi) is 10.0. The molecule has 10 nitrogen and oxygen atoms in total. The Hall–Kier alpha value is -3.76. The first-order valence-corrected chi connectivity index (χ1v) is 13.2. The molecule has 2 heterocycles. The minimum Gasteiger partial charge on any atom is -0.493 e. The van der Waals surface area contributed by atoms with Crippen LogP contribution in [0.3, 0.4) is 0 Å². The van der Waals surface area contributed by atoms with E-state index in [0.29, 0.717) is 42.3 Å².